The van der Waals surface area contributed by atoms with Gasteiger partial charge in [-0.3, -0.25) is 18.4 Å². The molecule has 1 unspecified atom stereocenters. The average molecular weight is 488 g/mol. The highest BCUT2D eigenvalue weighted by Gasteiger charge is 2.61. The maximum Gasteiger partial charge on any atom is 0.406 e. The molecule has 2 aromatic rings. The van der Waals surface area contributed by atoms with Crippen molar-refractivity contribution in [3.05, 3.63) is 6.33 Å². The first-order valence-electron chi connectivity index (χ1n) is 10.4. The van der Waals surface area contributed by atoms with E-state index >= 15 is 4.39 Å². The van der Waals surface area contributed by atoms with Crippen LogP contribution < -0.4 is 15.6 Å². The van der Waals surface area contributed by atoms with Crippen molar-refractivity contribution < 1.29 is 37.0 Å². The van der Waals surface area contributed by atoms with Crippen LogP contribution in [0.1, 0.15) is 33.9 Å². The molecule has 33 heavy (non-hydrogen) atoms. The number of hydrogen-bond acceptors (Lipinski definition) is 11. The molecule has 0 bridgehead atoms. The minimum absolute atomic E-state index is 0.0788. The molecule has 2 aromatic heterocycles. The molecule has 2 aliphatic rings. The van der Waals surface area contributed by atoms with Gasteiger partial charge in [-0.1, -0.05) is 0 Å². The number of rotatable bonds is 7. The van der Waals surface area contributed by atoms with E-state index in [0.29, 0.717) is 6.61 Å². The van der Waals surface area contributed by atoms with Gasteiger partial charge in [0.15, 0.2) is 23.1 Å². The van der Waals surface area contributed by atoms with Crippen molar-refractivity contribution in [2.45, 2.75) is 57.8 Å². The number of alkyl halides is 1. The molecule has 2 fully saturated rings. The van der Waals surface area contributed by atoms with Crippen LogP contribution in [0.5, 0.6) is 5.88 Å². The van der Waals surface area contributed by atoms with E-state index in [-0.39, 0.29) is 36.2 Å². The zero-order chi connectivity index (χ0) is 24.0. The fraction of sp³-hybridized carbons (Fsp3) is 0.667. The molecular formula is C18H26FN6O7P. The van der Waals surface area contributed by atoms with Gasteiger partial charge in [-0.05, 0) is 27.7 Å². The minimum Gasteiger partial charge on any atom is -0.476 e. The number of hydrogen-bond donors (Lipinski definition) is 2. The molecule has 0 spiro atoms. The van der Waals surface area contributed by atoms with E-state index in [1.165, 1.54) is 24.7 Å². The number of halogens is 1. The predicted octanol–water partition coefficient (Wildman–Crippen LogP) is 1.50. The van der Waals surface area contributed by atoms with Crippen LogP contribution in [0.2, 0.25) is 0 Å². The minimum atomic E-state index is -4.03. The normalized spacial score (nSPS) is 32.5. The van der Waals surface area contributed by atoms with E-state index in [0.717, 1.165) is 0 Å². The number of fused-ring (bicyclic) bond motifs is 2. The maximum atomic E-state index is 16.1. The molecule has 3 N–H and O–H groups in total. The highest BCUT2D eigenvalue weighted by molar-refractivity contribution is 7.51. The van der Waals surface area contributed by atoms with Crippen molar-refractivity contribution in [1.82, 2.24) is 24.6 Å². The monoisotopic (exact) mass is 488 g/mol. The Balaban J connectivity index is 1.60. The lowest BCUT2D eigenvalue weighted by molar-refractivity contribution is -0.145. The van der Waals surface area contributed by atoms with Crippen LogP contribution in [0.4, 0.5) is 10.3 Å². The van der Waals surface area contributed by atoms with Crippen molar-refractivity contribution in [2.24, 2.45) is 0 Å². The Bertz CT molecular complexity index is 1100. The van der Waals surface area contributed by atoms with Gasteiger partial charge in [0.05, 0.1) is 26.1 Å². The van der Waals surface area contributed by atoms with Crippen LogP contribution in [0.25, 0.3) is 11.2 Å². The van der Waals surface area contributed by atoms with Crippen LogP contribution in [-0.2, 0) is 27.9 Å². The van der Waals surface area contributed by atoms with Crippen LogP contribution >= 0.6 is 7.75 Å². The summed E-state index contributed by atoms with van der Waals surface area (Å²) in [6.45, 7) is 6.36. The number of nitrogens with one attached hydrogen (secondary N) is 1. The van der Waals surface area contributed by atoms with Gasteiger partial charge in [0.2, 0.25) is 11.8 Å². The van der Waals surface area contributed by atoms with Gasteiger partial charge < -0.3 is 19.9 Å². The van der Waals surface area contributed by atoms with Crippen LogP contribution in [0.15, 0.2) is 6.33 Å². The molecule has 13 nitrogen and oxygen atoms in total. The second-order valence-electron chi connectivity index (χ2n) is 7.74. The first-order valence-corrected chi connectivity index (χ1v) is 12.0. The molecular weight excluding hydrogens is 462 g/mol. The lowest BCUT2D eigenvalue weighted by atomic mass is 9.98. The van der Waals surface area contributed by atoms with Crippen molar-refractivity contribution in [3.8, 4) is 5.88 Å². The Labute approximate surface area is 188 Å². The van der Waals surface area contributed by atoms with Gasteiger partial charge in [0, 0.05) is 0 Å². The number of carbonyl (C=O) groups excluding carboxylic acids is 1. The topological polar surface area (TPSA) is 162 Å². The van der Waals surface area contributed by atoms with Crippen LogP contribution in [-0.4, -0.2) is 69.2 Å². The first-order chi connectivity index (χ1) is 15.6. The summed E-state index contributed by atoms with van der Waals surface area (Å²) >= 11 is 0. The number of aromatic nitrogens is 4. The summed E-state index contributed by atoms with van der Waals surface area (Å²) < 4.78 is 57.6. The fourth-order valence-electron chi connectivity index (χ4n) is 3.80. The molecule has 0 radical (unpaired) electrons. The van der Waals surface area contributed by atoms with E-state index < -0.39 is 43.9 Å². The van der Waals surface area contributed by atoms with Gasteiger partial charge in [-0.15, -0.1) is 0 Å². The summed E-state index contributed by atoms with van der Waals surface area (Å²) in [5, 5.41) is 2.48. The molecule has 6 atom stereocenters. The first kappa shape index (κ1) is 23.8. The molecule has 182 valence electrons. The number of anilines is 1. The Hall–Kier alpha value is -2.38. The fourth-order valence-corrected chi connectivity index (χ4v) is 5.56. The van der Waals surface area contributed by atoms with E-state index in [9.17, 15) is 9.36 Å². The van der Waals surface area contributed by atoms with Gasteiger partial charge >= 0.3 is 13.7 Å². The number of imidazole rings is 1. The number of carbonyl (C=O) groups is 1. The van der Waals surface area contributed by atoms with Gasteiger partial charge in [-0.2, -0.15) is 9.97 Å². The molecule has 0 amide bonds. The second-order valence-corrected chi connectivity index (χ2v) is 9.47. The van der Waals surface area contributed by atoms with Gasteiger partial charge in [-0.25, -0.2) is 19.0 Å². The van der Waals surface area contributed by atoms with E-state index in [4.69, 9.17) is 29.0 Å². The second kappa shape index (κ2) is 8.76. The average Bonchev–Trinajstić information content (AvgIpc) is 3.26. The molecule has 2 aliphatic heterocycles. The SMILES string of the molecule is CCOC(=O)C(C)N[P@@]1(=O)OC[C@H]2O[C@@H](n3cnc4c(OCC)nc(N)nc43)[C@](C)(F)[C@@H]2O1. The number of nitrogen functional groups attached to an aromatic ring is 1. The zero-order valence-corrected chi connectivity index (χ0v) is 19.5. The Morgan fingerprint density at radius 1 is 1.45 bits per heavy atom. The summed E-state index contributed by atoms with van der Waals surface area (Å²) in [4.78, 5) is 24.3. The summed E-state index contributed by atoms with van der Waals surface area (Å²) in [6.07, 6.45) is -2.07. The van der Waals surface area contributed by atoms with E-state index in [1.807, 2.05) is 0 Å². The van der Waals surface area contributed by atoms with E-state index in [1.54, 1.807) is 13.8 Å². The Kier molecular flexibility index (Phi) is 6.31. The summed E-state index contributed by atoms with van der Waals surface area (Å²) in [5.41, 5.74) is 4.10. The number of nitrogens with zero attached hydrogens (tertiary/aromatic N) is 4. The molecule has 0 aromatic carbocycles. The smallest absolute Gasteiger partial charge is 0.406 e. The number of esters is 1. The lowest BCUT2D eigenvalue weighted by Gasteiger charge is -2.35. The van der Waals surface area contributed by atoms with Crippen molar-refractivity contribution >= 4 is 30.8 Å². The third-order valence-electron chi connectivity index (χ3n) is 5.27. The Morgan fingerprint density at radius 3 is 2.91 bits per heavy atom. The molecule has 4 rings (SSSR count). The highest BCUT2D eigenvalue weighted by Crippen LogP contribution is 2.57. The van der Waals surface area contributed by atoms with Crippen LogP contribution in [0, 0.1) is 0 Å². The van der Waals surface area contributed by atoms with Gasteiger partial charge in [0.25, 0.3) is 0 Å². The van der Waals surface area contributed by atoms with Gasteiger partial charge in [0.1, 0.15) is 18.2 Å². The molecule has 2 saturated heterocycles. The lowest BCUT2D eigenvalue weighted by Crippen LogP contribution is -2.47. The number of ether oxygens (including phenoxy) is 3. The third-order valence-corrected chi connectivity index (χ3v) is 6.97. The predicted molar refractivity (Wildman–Crippen MR) is 112 cm³/mol. The van der Waals surface area contributed by atoms with Crippen LogP contribution in [0.3, 0.4) is 0 Å². The summed E-state index contributed by atoms with van der Waals surface area (Å²) in [7, 11) is -4.03. The van der Waals surface area contributed by atoms with Crippen molar-refractivity contribution in [2.75, 3.05) is 25.6 Å². The Morgan fingerprint density at radius 2 is 2.21 bits per heavy atom. The quantitative estimate of drug-likeness (QED) is 0.427. The summed E-state index contributed by atoms with van der Waals surface area (Å²) in [5.74, 6) is -0.557. The summed E-state index contributed by atoms with van der Waals surface area (Å²) in [6, 6.07) is -0.995. The third kappa shape index (κ3) is 4.28. The molecule has 0 saturated carbocycles. The number of nitrogens with two attached hydrogens (primary N) is 1. The maximum absolute atomic E-state index is 16.1. The van der Waals surface area contributed by atoms with E-state index in [2.05, 4.69) is 20.0 Å². The molecule has 0 aliphatic carbocycles. The van der Waals surface area contributed by atoms with Crippen molar-refractivity contribution in [1.29, 1.82) is 0 Å². The van der Waals surface area contributed by atoms with Crippen molar-refractivity contribution in [3.63, 3.8) is 0 Å². The largest absolute Gasteiger partial charge is 0.476 e. The molecule has 4 heterocycles. The zero-order valence-electron chi connectivity index (χ0n) is 18.6. The highest BCUT2D eigenvalue weighted by atomic mass is 31.2. The molecule has 15 heteroatoms. The standard InChI is InChI=1S/C18H26FN6O7P/c1-5-28-14-11-13(22-17(20)23-14)25(8-21-11)16-18(4,19)12-10(31-16)7-30-33(27,32-12)24-9(3)15(26)29-6-2/h8-10,12,16H,5-7H2,1-4H3,(H,24,27)(H2,20,22,23)/t9?,10-,12-,16-,18-,33-/m1/s1.